The highest BCUT2D eigenvalue weighted by Crippen LogP contribution is 2.33. The number of piperidine rings is 1. The molecule has 1 aliphatic rings. The summed E-state index contributed by atoms with van der Waals surface area (Å²) in [4.78, 5) is 2.35. The van der Waals surface area contributed by atoms with Crippen molar-refractivity contribution in [3.05, 3.63) is 65.5 Å². The van der Waals surface area contributed by atoms with Gasteiger partial charge in [0.15, 0.2) is 0 Å². The Morgan fingerprint density at radius 3 is 2.48 bits per heavy atom. The molecule has 0 aromatic heterocycles. The molecule has 0 bridgehead atoms. The van der Waals surface area contributed by atoms with Crippen LogP contribution in [0.3, 0.4) is 0 Å². The lowest BCUT2D eigenvalue weighted by molar-refractivity contribution is 0.129. The first-order valence-corrected chi connectivity index (χ1v) is 8.25. The molecule has 2 atom stereocenters. The molecule has 1 saturated heterocycles. The van der Waals surface area contributed by atoms with Crippen LogP contribution in [-0.2, 0) is 0 Å². The molecular formula is C20H24FNO. The number of aryl methyl sites for hydroxylation is 1. The second-order valence-corrected chi connectivity index (χ2v) is 6.59. The Hall–Kier alpha value is -1.87. The van der Waals surface area contributed by atoms with Gasteiger partial charge in [-0.05, 0) is 62.7 Å². The molecule has 0 radical (unpaired) electrons. The molecule has 1 heterocycles. The zero-order valence-corrected chi connectivity index (χ0v) is 13.8. The second kappa shape index (κ2) is 7.14. The Morgan fingerprint density at radius 2 is 1.78 bits per heavy atom. The van der Waals surface area contributed by atoms with Gasteiger partial charge in [-0.2, -0.15) is 0 Å². The summed E-state index contributed by atoms with van der Waals surface area (Å²) in [5, 5.41) is 0. The summed E-state index contributed by atoms with van der Waals surface area (Å²) in [7, 11) is 2.15. The maximum absolute atomic E-state index is 13.2. The van der Waals surface area contributed by atoms with Gasteiger partial charge in [-0.25, -0.2) is 4.39 Å². The summed E-state index contributed by atoms with van der Waals surface area (Å²) >= 11 is 0. The van der Waals surface area contributed by atoms with E-state index in [9.17, 15) is 4.39 Å². The fraction of sp³-hybridized carbons (Fsp3) is 0.400. The highest BCUT2D eigenvalue weighted by atomic mass is 19.1. The van der Waals surface area contributed by atoms with Crippen molar-refractivity contribution in [3.63, 3.8) is 0 Å². The van der Waals surface area contributed by atoms with Crippen LogP contribution in [0.25, 0.3) is 0 Å². The van der Waals surface area contributed by atoms with Crippen molar-refractivity contribution >= 4 is 0 Å². The van der Waals surface area contributed by atoms with Crippen LogP contribution >= 0.6 is 0 Å². The quantitative estimate of drug-likeness (QED) is 0.837. The summed E-state index contributed by atoms with van der Waals surface area (Å²) in [5.74, 6) is 1.59. The van der Waals surface area contributed by atoms with E-state index in [1.165, 1.54) is 11.1 Å². The molecule has 23 heavy (non-hydrogen) atoms. The van der Waals surface area contributed by atoms with Gasteiger partial charge in [0.1, 0.15) is 11.6 Å². The first-order chi connectivity index (χ1) is 11.1. The van der Waals surface area contributed by atoms with Crippen molar-refractivity contribution in [2.75, 3.05) is 26.7 Å². The zero-order valence-electron chi connectivity index (χ0n) is 13.8. The molecule has 1 fully saturated rings. The lowest BCUT2D eigenvalue weighted by Crippen LogP contribution is -2.39. The number of hydrogen-bond acceptors (Lipinski definition) is 2. The Morgan fingerprint density at radius 1 is 1.09 bits per heavy atom. The van der Waals surface area contributed by atoms with Crippen molar-refractivity contribution < 1.29 is 9.13 Å². The number of hydrogen-bond donors (Lipinski definition) is 0. The fourth-order valence-corrected chi connectivity index (χ4v) is 3.37. The van der Waals surface area contributed by atoms with E-state index < -0.39 is 0 Å². The van der Waals surface area contributed by atoms with Gasteiger partial charge in [-0.3, -0.25) is 0 Å². The number of benzene rings is 2. The number of rotatable bonds is 4. The topological polar surface area (TPSA) is 12.5 Å². The van der Waals surface area contributed by atoms with E-state index >= 15 is 0 Å². The van der Waals surface area contributed by atoms with Crippen LogP contribution in [0.4, 0.5) is 4.39 Å². The van der Waals surface area contributed by atoms with E-state index in [-0.39, 0.29) is 5.82 Å². The highest BCUT2D eigenvalue weighted by molar-refractivity contribution is 5.26. The third-order valence-electron chi connectivity index (χ3n) is 4.72. The third-order valence-corrected chi connectivity index (χ3v) is 4.72. The van der Waals surface area contributed by atoms with E-state index in [0.717, 1.165) is 25.3 Å². The molecule has 2 aromatic rings. The highest BCUT2D eigenvalue weighted by Gasteiger charge is 2.29. The van der Waals surface area contributed by atoms with Crippen molar-refractivity contribution in [1.29, 1.82) is 0 Å². The average Bonchev–Trinajstić information content (AvgIpc) is 2.55. The van der Waals surface area contributed by atoms with Crippen LogP contribution in [0.1, 0.15) is 23.5 Å². The van der Waals surface area contributed by atoms with Crippen LogP contribution < -0.4 is 4.74 Å². The van der Waals surface area contributed by atoms with E-state index in [1.807, 2.05) is 24.3 Å². The molecule has 0 unspecified atom stereocenters. The summed E-state index contributed by atoms with van der Waals surface area (Å²) in [6.45, 7) is 4.84. The Balaban J connectivity index is 1.70. The largest absolute Gasteiger partial charge is 0.493 e. The smallest absolute Gasteiger partial charge is 0.123 e. The monoisotopic (exact) mass is 313 g/mol. The van der Waals surface area contributed by atoms with Gasteiger partial charge >= 0.3 is 0 Å². The van der Waals surface area contributed by atoms with Crippen LogP contribution in [-0.4, -0.2) is 31.6 Å². The predicted molar refractivity (Wildman–Crippen MR) is 91.4 cm³/mol. The van der Waals surface area contributed by atoms with Crippen molar-refractivity contribution in [2.45, 2.75) is 19.3 Å². The molecule has 1 aliphatic heterocycles. The normalized spacial score (nSPS) is 22.0. The molecule has 0 N–H and O–H groups in total. The maximum atomic E-state index is 13.2. The Labute approximate surface area is 137 Å². The molecule has 2 aromatic carbocycles. The van der Waals surface area contributed by atoms with E-state index in [1.54, 1.807) is 12.1 Å². The Bertz CT molecular complexity index is 623. The van der Waals surface area contributed by atoms with Gasteiger partial charge in [-0.1, -0.05) is 29.8 Å². The lowest BCUT2D eigenvalue weighted by Gasteiger charge is -2.37. The molecule has 3 heteroatoms. The summed E-state index contributed by atoms with van der Waals surface area (Å²) in [5.41, 5.74) is 2.45. The van der Waals surface area contributed by atoms with Gasteiger partial charge in [0.25, 0.3) is 0 Å². The zero-order chi connectivity index (χ0) is 16.2. The van der Waals surface area contributed by atoms with Crippen LogP contribution in [0.15, 0.2) is 48.5 Å². The molecule has 0 amide bonds. The summed E-state index contributed by atoms with van der Waals surface area (Å²) in [6.07, 6.45) is 1.09. The van der Waals surface area contributed by atoms with Crippen LogP contribution in [0.2, 0.25) is 0 Å². The molecular weight excluding hydrogens is 289 g/mol. The molecule has 3 rings (SSSR count). The summed E-state index contributed by atoms with van der Waals surface area (Å²) < 4.78 is 19.2. The number of likely N-dealkylation sites (tertiary alicyclic amines) is 1. The van der Waals surface area contributed by atoms with Crippen LogP contribution in [0.5, 0.6) is 5.75 Å². The van der Waals surface area contributed by atoms with E-state index in [4.69, 9.17) is 4.74 Å². The summed E-state index contributed by atoms with van der Waals surface area (Å²) in [6, 6.07) is 15.1. The van der Waals surface area contributed by atoms with Crippen molar-refractivity contribution in [2.24, 2.45) is 5.92 Å². The third kappa shape index (κ3) is 4.11. The van der Waals surface area contributed by atoms with E-state index in [0.29, 0.717) is 18.4 Å². The SMILES string of the molecule is Cc1ccc(OC[C@@H]2CN(C)CC[C@H]2c2ccc(F)cc2)cc1. The minimum absolute atomic E-state index is 0.172. The van der Waals surface area contributed by atoms with Crippen molar-refractivity contribution in [1.82, 2.24) is 4.90 Å². The van der Waals surface area contributed by atoms with Crippen LogP contribution in [0, 0.1) is 18.7 Å². The van der Waals surface area contributed by atoms with E-state index in [2.05, 4.69) is 31.0 Å². The van der Waals surface area contributed by atoms with Gasteiger partial charge < -0.3 is 9.64 Å². The predicted octanol–water partition coefficient (Wildman–Crippen LogP) is 4.25. The first kappa shape index (κ1) is 16.0. The standard InChI is InChI=1S/C20H24FNO/c1-15-3-9-19(10-4-15)23-14-17-13-22(2)12-11-20(17)16-5-7-18(21)8-6-16/h3-10,17,20H,11-14H2,1-2H3/t17-,20-/m0/s1. The molecule has 0 saturated carbocycles. The van der Waals surface area contributed by atoms with Gasteiger partial charge in [0.05, 0.1) is 6.61 Å². The van der Waals surface area contributed by atoms with Gasteiger partial charge in [0.2, 0.25) is 0 Å². The number of nitrogens with zero attached hydrogens (tertiary/aromatic N) is 1. The molecule has 0 aliphatic carbocycles. The van der Waals surface area contributed by atoms with Gasteiger partial charge in [-0.15, -0.1) is 0 Å². The Kier molecular flexibility index (Phi) is 4.97. The number of ether oxygens (including phenoxy) is 1. The minimum Gasteiger partial charge on any atom is -0.493 e. The van der Waals surface area contributed by atoms with Gasteiger partial charge in [0, 0.05) is 12.5 Å². The molecule has 0 spiro atoms. The average molecular weight is 313 g/mol. The first-order valence-electron chi connectivity index (χ1n) is 8.25. The molecule has 2 nitrogen and oxygen atoms in total. The lowest BCUT2D eigenvalue weighted by atomic mass is 9.81. The maximum Gasteiger partial charge on any atom is 0.123 e. The fourth-order valence-electron chi connectivity index (χ4n) is 3.37. The second-order valence-electron chi connectivity index (χ2n) is 6.59. The van der Waals surface area contributed by atoms with Crippen molar-refractivity contribution in [3.8, 4) is 5.75 Å². The molecule has 122 valence electrons. The number of halogens is 1. The minimum atomic E-state index is -0.172.